The molecular weight excluding hydrogens is 220 g/mol. The van der Waals surface area contributed by atoms with Crippen LogP contribution in [0.25, 0.3) is 0 Å². The Labute approximate surface area is 100 Å². The van der Waals surface area contributed by atoms with Gasteiger partial charge in [-0.1, -0.05) is 12.1 Å². The van der Waals surface area contributed by atoms with Crippen molar-refractivity contribution in [3.05, 3.63) is 29.8 Å². The normalized spacial score (nSPS) is 13.5. The van der Waals surface area contributed by atoms with Crippen molar-refractivity contribution in [2.45, 2.75) is 19.4 Å². The minimum absolute atomic E-state index is 0.584. The molecule has 0 spiro atoms. The van der Waals surface area contributed by atoms with Crippen molar-refractivity contribution in [2.24, 2.45) is 17.4 Å². The van der Waals surface area contributed by atoms with Gasteiger partial charge in [0.2, 0.25) is 0 Å². The number of hydrogen-bond acceptors (Lipinski definition) is 3. The lowest BCUT2D eigenvalue weighted by Crippen LogP contribution is -2.03. The molecule has 5 heteroatoms. The third-order valence-corrected chi connectivity index (χ3v) is 2.32. The van der Waals surface area contributed by atoms with Gasteiger partial charge in [-0.3, -0.25) is 0 Å². The lowest BCUT2D eigenvalue weighted by Gasteiger charge is -2.05. The molecule has 5 nitrogen and oxygen atoms in total. The Balaban J connectivity index is 0.000000317. The minimum atomic E-state index is -1.33. The molecular formula is C12H18N2O3. The van der Waals surface area contributed by atoms with Crippen LogP contribution in [0, 0.1) is 5.92 Å². The molecule has 1 aromatic carbocycles. The highest BCUT2D eigenvalue weighted by atomic mass is 16.5. The zero-order valence-corrected chi connectivity index (χ0v) is 9.63. The van der Waals surface area contributed by atoms with Gasteiger partial charge in [-0.05, 0) is 36.5 Å². The molecule has 94 valence electrons. The van der Waals surface area contributed by atoms with E-state index < -0.39 is 6.09 Å². The number of benzene rings is 1. The van der Waals surface area contributed by atoms with Crippen molar-refractivity contribution in [1.82, 2.24) is 0 Å². The number of carboxylic acid groups (broad SMARTS) is 1. The van der Waals surface area contributed by atoms with Crippen molar-refractivity contribution in [3.63, 3.8) is 0 Å². The standard InChI is InChI=1S/C11H15NO.CH3NO2/c12-7-10-2-1-3-11(6-10)13-8-9-4-5-9;2-1(3)4/h1-3,6,9H,4-5,7-8,12H2;2H2,(H,3,4). The van der Waals surface area contributed by atoms with Gasteiger partial charge in [0.15, 0.2) is 0 Å². The summed E-state index contributed by atoms with van der Waals surface area (Å²) >= 11 is 0. The number of hydrogen-bond donors (Lipinski definition) is 3. The fourth-order valence-electron chi connectivity index (χ4n) is 1.26. The first-order valence-electron chi connectivity index (χ1n) is 5.52. The van der Waals surface area contributed by atoms with E-state index in [0.29, 0.717) is 6.54 Å². The summed E-state index contributed by atoms with van der Waals surface area (Å²) in [5.74, 6) is 1.76. The highest BCUT2D eigenvalue weighted by Gasteiger charge is 2.21. The molecule has 0 atom stereocenters. The first-order chi connectivity index (χ1) is 8.11. The molecule has 1 aliphatic carbocycles. The number of ether oxygens (including phenoxy) is 1. The quantitative estimate of drug-likeness (QED) is 0.741. The Kier molecular flexibility index (Phi) is 5.29. The molecule has 0 unspecified atom stereocenters. The summed E-state index contributed by atoms with van der Waals surface area (Å²) in [5.41, 5.74) is 10.7. The summed E-state index contributed by atoms with van der Waals surface area (Å²) < 4.78 is 5.62. The Bertz CT molecular complexity index is 361. The van der Waals surface area contributed by atoms with Crippen LogP contribution in [-0.2, 0) is 6.54 Å². The maximum Gasteiger partial charge on any atom is 0.402 e. The number of nitrogens with two attached hydrogens (primary N) is 2. The largest absolute Gasteiger partial charge is 0.493 e. The first-order valence-corrected chi connectivity index (χ1v) is 5.52. The van der Waals surface area contributed by atoms with Crippen LogP contribution in [0.5, 0.6) is 5.75 Å². The van der Waals surface area contributed by atoms with E-state index in [4.69, 9.17) is 20.4 Å². The molecule has 2 rings (SSSR count). The topological polar surface area (TPSA) is 98.6 Å². The van der Waals surface area contributed by atoms with Crippen LogP contribution in [0.15, 0.2) is 24.3 Å². The number of primary amides is 1. The highest BCUT2D eigenvalue weighted by molar-refractivity contribution is 5.61. The van der Waals surface area contributed by atoms with Gasteiger partial charge in [-0.25, -0.2) is 4.79 Å². The molecule has 0 saturated heterocycles. The molecule has 0 heterocycles. The third-order valence-electron chi connectivity index (χ3n) is 2.32. The molecule has 0 aliphatic heterocycles. The van der Waals surface area contributed by atoms with Crippen molar-refractivity contribution < 1.29 is 14.6 Å². The highest BCUT2D eigenvalue weighted by Crippen LogP contribution is 2.29. The van der Waals surface area contributed by atoms with E-state index in [1.54, 1.807) is 0 Å². The zero-order chi connectivity index (χ0) is 12.7. The zero-order valence-electron chi connectivity index (χ0n) is 9.63. The van der Waals surface area contributed by atoms with Crippen LogP contribution < -0.4 is 16.2 Å². The molecule has 1 fully saturated rings. The third kappa shape index (κ3) is 6.42. The van der Waals surface area contributed by atoms with E-state index in [1.807, 2.05) is 24.3 Å². The summed E-state index contributed by atoms with van der Waals surface area (Å²) in [6, 6.07) is 8.01. The summed E-state index contributed by atoms with van der Waals surface area (Å²) in [6.45, 7) is 1.45. The van der Waals surface area contributed by atoms with E-state index in [9.17, 15) is 0 Å². The lowest BCUT2D eigenvalue weighted by atomic mass is 10.2. The minimum Gasteiger partial charge on any atom is -0.493 e. The summed E-state index contributed by atoms with van der Waals surface area (Å²) in [6.07, 6.45) is 1.33. The predicted molar refractivity (Wildman–Crippen MR) is 64.8 cm³/mol. The first kappa shape index (κ1) is 13.3. The molecule has 0 radical (unpaired) electrons. The van der Waals surface area contributed by atoms with E-state index in [-0.39, 0.29) is 0 Å². The van der Waals surface area contributed by atoms with Crippen molar-refractivity contribution in [1.29, 1.82) is 0 Å². The van der Waals surface area contributed by atoms with Gasteiger partial charge >= 0.3 is 6.09 Å². The molecule has 1 saturated carbocycles. The SMILES string of the molecule is NC(=O)O.NCc1cccc(OCC2CC2)c1. The molecule has 17 heavy (non-hydrogen) atoms. The van der Waals surface area contributed by atoms with E-state index in [2.05, 4.69) is 5.73 Å². The summed E-state index contributed by atoms with van der Waals surface area (Å²) in [7, 11) is 0. The molecule has 1 aromatic rings. The van der Waals surface area contributed by atoms with Crippen LogP contribution in [0.3, 0.4) is 0 Å². The summed E-state index contributed by atoms with van der Waals surface area (Å²) in [5, 5.41) is 7.19. The Morgan fingerprint density at radius 2 is 2.12 bits per heavy atom. The second-order valence-corrected chi connectivity index (χ2v) is 3.94. The molecule has 1 aliphatic rings. The van der Waals surface area contributed by atoms with Crippen molar-refractivity contribution in [2.75, 3.05) is 6.61 Å². The van der Waals surface area contributed by atoms with Gasteiger partial charge in [0.25, 0.3) is 0 Å². The average molecular weight is 238 g/mol. The number of amides is 1. The van der Waals surface area contributed by atoms with Crippen molar-refractivity contribution in [3.8, 4) is 5.75 Å². The second-order valence-electron chi connectivity index (χ2n) is 3.94. The van der Waals surface area contributed by atoms with Crippen LogP contribution in [-0.4, -0.2) is 17.8 Å². The monoisotopic (exact) mass is 238 g/mol. The molecule has 1 amide bonds. The van der Waals surface area contributed by atoms with Crippen LogP contribution >= 0.6 is 0 Å². The number of carbonyl (C=O) groups is 1. The van der Waals surface area contributed by atoms with Crippen molar-refractivity contribution >= 4 is 6.09 Å². The van der Waals surface area contributed by atoms with Gasteiger partial charge in [0.1, 0.15) is 5.75 Å². The van der Waals surface area contributed by atoms with E-state index in [1.165, 1.54) is 12.8 Å². The van der Waals surface area contributed by atoms with E-state index >= 15 is 0 Å². The van der Waals surface area contributed by atoms with Crippen LogP contribution in [0.2, 0.25) is 0 Å². The smallest absolute Gasteiger partial charge is 0.402 e. The summed E-state index contributed by atoms with van der Waals surface area (Å²) in [4.78, 5) is 8.78. The van der Waals surface area contributed by atoms with Gasteiger partial charge in [-0.2, -0.15) is 0 Å². The molecule has 0 bridgehead atoms. The van der Waals surface area contributed by atoms with Gasteiger partial charge < -0.3 is 21.3 Å². The molecule has 0 aromatic heterocycles. The van der Waals surface area contributed by atoms with Gasteiger partial charge in [0.05, 0.1) is 6.61 Å². The Morgan fingerprint density at radius 1 is 1.47 bits per heavy atom. The maximum atomic E-state index is 8.78. The fraction of sp³-hybridized carbons (Fsp3) is 0.417. The molecule has 5 N–H and O–H groups in total. The van der Waals surface area contributed by atoms with Gasteiger partial charge in [-0.15, -0.1) is 0 Å². The van der Waals surface area contributed by atoms with E-state index in [0.717, 1.165) is 23.8 Å². The number of rotatable bonds is 4. The lowest BCUT2D eigenvalue weighted by molar-refractivity contribution is 0.205. The maximum absolute atomic E-state index is 8.78. The second kappa shape index (κ2) is 6.75. The van der Waals surface area contributed by atoms with Crippen LogP contribution in [0.1, 0.15) is 18.4 Å². The average Bonchev–Trinajstić information content (AvgIpc) is 3.10. The Morgan fingerprint density at radius 3 is 2.65 bits per heavy atom. The predicted octanol–water partition coefficient (Wildman–Crippen LogP) is 1.56. The Hall–Kier alpha value is -1.75. The fourth-order valence-corrected chi connectivity index (χ4v) is 1.26. The van der Waals surface area contributed by atoms with Crippen LogP contribution in [0.4, 0.5) is 4.79 Å². The van der Waals surface area contributed by atoms with Gasteiger partial charge in [0, 0.05) is 6.54 Å².